The standard InChI is InChI=1S/C9H16O3S/c1-7(2)13(11,12)9-6-4-3-5-8(9)10/h7,9H,3-6H2,1-2H3. The van der Waals surface area contributed by atoms with Crippen LogP contribution in [0.3, 0.4) is 0 Å². The van der Waals surface area contributed by atoms with Gasteiger partial charge in [-0.2, -0.15) is 0 Å². The van der Waals surface area contributed by atoms with Crippen molar-refractivity contribution in [2.75, 3.05) is 0 Å². The number of hydrogen-bond acceptors (Lipinski definition) is 3. The van der Waals surface area contributed by atoms with Crippen LogP contribution in [0.4, 0.5) is 0 Å². The molecular formula is C9H16O3S. The summed E-state index contributed by atoms with van der Waals surface area (Å²) in [6.07, 6.45) is 2.68. The summed E-state index contributed by atoms with van der Waals surface area (Å²) in [6.45, 7) is 3.27. The number of hydrogen-bond donors (Lipinski definition) is 0. The summed E-state index contributed by atoms with van der Waals surface area (Å²) in [5.74, 6) is -0.0834. The van der Waals surface area contributed by atoms with Gasteiger partial charge in [-0.25, -0.2) is 8.42 Å². The highest BCUT2D eigenvalue weighted by Crippen LogP contribution is 2.23. The molecule has 0 bridgehead atoms. The molecule has 0 radical (unpaired) electrons. The third-order valence-electron chi connectivity index (χ3n) is 2.55. The molecule has 3 nitrogen and oxygen atoms in total. The molecule has 1 aliphatic carbocycles. The maximum atomic E-state index is 11.7. The van der Waals surface area contributed by atoms with Crippen LogP contribution < -0.4 is 0 Å². The number of Topliss-reactive ketones (excluding diaryl/α,β-unsaturated/α-hetero) is 1. The summed E-state index contributed by atoms with van der Waals surface area (Å²) >= 11 is 0. The molecule has 0 N–H and O–H groups in total. The molecule has 0 amide bonds. The normalized spacial score (nSPS) is 25.2. The third kappa shape index (κ3) is 2.10. The Morgan fingerprint density at radius 2 is 1.92 bits per heavy atom. The van der Waals surface area contributed by atoms with E-state index in [9.17, 15) is 13.2 Å². The highest BCUT2D eigenvalue weighted by molar-refractivity contribution is 7.93. The summed E-state index contributed by atoms with van der Waals surface area (Å²) in [4.78, 5) is 11.4. The molecule has 0 aromatic carbocycles. The number of carbonyl (C=O) groups is 1. The summed E-state index contributed by atoms with van der Waals surface area (Å²) < 4.78 is 23.3. The van der Waals surface area contributed by atoms with E-state index in [2.05, 4.69) is 0 Å². The number of ketones is 1. The van der Waals surface area contributed by atoms with Crippen LogP contribution in [-0.2, 0) is 14.6 Å². The Hall–Kier alpha value is -0.380. The van der Waals surface area contributed by atoms with Gasteiger partial charge in [0.25, 0.3) is 0 Å². The fraction of sp³-hybridized carbons (Fsp3) is 0.889. The van der Waals surface area contributed by atoms with E-state index in [-0.39, 0.29) is 5.78 Å². The third-order valence-corrected chi connectivity index (χ3v) is 5.16. The second-order valence-corrected chi connectivity index (χ2v) is 6.53. The predicted molar refractivity (Wildman–Crippen MR) is 51.3 cm³/mol. The van der Waals surface area contributed by atoms with Crippen molar-refractivity contribution in [2.45, 2.75) is 50.0 Å². The van der Waals surface area contributed by atoms with Gasteiger partial charge in [-0.1, -0.05) is 6.42 Å². The molecule has 0 aliphatic heterocycles. The van der Waals surface area contributed by atoms with Gasteiger partial charge in [0.15, 0.2) is 15.6 Å². The molecule has 4 heteroatoms. The van der Waals surface area contributed by atoms with E-state index < -0.39 is 20.3 Å². The molecule has 0 saturated heterocycles. The first kappa shape index (κ1) is 10.7. The van der Waals surface area contributed by atoms with E-state index in [0.717, 1.165) is 12.8 Å². The van der Waals surface area contributed by atoms with Crippen LogP contribution in [0, 0.1) is 0 Å². The summed E-state index contributed by atoms with van der Waals surface area (Å²) in [5.41, 5.74) is 0. The van der Waals surface area contributed by atoms with E-state index in [1.165, 1.54) is 0 Å². The lowest BCUT2D eigenvalue weighted by Gasteiger charge is -2.22. The van der Waals surface area contributed by atoms with Crippen molar-refractivity contribution in [2.24, 2.45) is 0 Å². The Balaban J connectivity index is 2.87. The highest BCUT2D eigenvalue weighted by atomic mass is 32.2. The summed E-state index contributed by atoms with van der Waals surface area (Å²) in [7, 11) is -3.20. The Labute approximate surface area is 79.4 Å². The van der Waals surface area contributed by atoms with Gasteiger partial charge in [-0.15, -0.1) is 0 Å². The van der Waals surface area contributed by atoms with Crippen molar-refractivity contribution in [3.8, 4) is 0 Å². The Morgan fingerprint density at radius 1 is 1.31 bits per heavy atom. The molecule has 0 aromatic rings. The van der Waals surface area contributed by atoms with Crippen LogP contribution in [0.5, 0.6) is 0 Å². The average Bonchev–Trinajstić information content (AvgIpc) is 2.04. The summed E-state index contributed by atoms with van der Waals surface area (Å²) in [5, 5.41) is -1.14. The van der Waals surface area contributed by atoms with E-state index in [1.54, 1.807) is 13.8 Å². The molecule has 0 aromatic heterocycles. The van der Waals surface area contributed by atoms with Crippen LogP contribution in [0.25, 0.3) is 0 Å². The van der Waals surface area contributed by atoms with Gasteiger partial charge in [0.1, 0.15) is 5.25 Å². The van der Waals surface area contributed by atoms with E-state index in [4.69, 9.17) is 0 Å². The fourth-order valence-electron chi connectivity index (χ4n) is 1.63. The number of carbonyl (C=O) groups excluding carboxylic acids is 1. The average molecular weight is 204 g/mol. The maximum Gasteiger partial charge on any atom is 0.162 e. The van der Waals surface area contributed by atoms with Gasteiger partial charge in [0.2, 0.25) is 0 Å². The molecule has 0 heterocycles. The van der Waals surface area contributed by atoms with Crippen molar-refractivity contribution in [1.82, 2.24) is 0 Å². The van der Waals surface area contributed by atoms with Gasteiger partial charge in [-0.05, 0) is 26.7 Å². The lowest BCUT2D eigenvalue weighted by molar-refractivity contribution is -0.119. The van der Waals surface area contributed by atoms with E-state index >= 15 is 0 Å². The molecule has 1 aliphatic rings. The largest absolute Gasteiger partial charge is 0.298 e. The van der Waals surface area contributed by atoms with Crippen molar-refractivity contribution in [3.05, 3.63) is 0 Å². The van der Waals surface area contributed by atoms with Crippen LogP contribution in [0.15, 0.2) is 0 Å². The van der Waals surface area contributed by atoms with Crippen molar-refractivity contribution in [3.63, 3.8) is 0 Å². The van der Waals surface area contributed by atoms with Gasteiger partial charge in [0, 0.05) is 6.42 Å². The van der Waals surface area contributed by atoms with E-state index in [1.807, 2.05) is 0 Å². The van der Waals surface area contributed by atoms with Crippen LogP contribution >= 0.6 is 0 Å². The highest BCUT2D eigenvalue weighted by Gasteiger charge is 2.35. The number of sulfone groups is 1. The first-order valence-electron chi connectivity index (χ1n) is 4.71. The zero-order valence-electron chi connectivity index (χ0n) is 8.12. The van der Waals surface area contributed by atoms with Gasteiger partial charge in [-0.3, -0.25) is 4.79 Å². The topological polar surface area (TPSA) is 51.2 Å². The van der Waals surface area contributed by atoms with Gasteiger partial charge < -0.3 is 0 Å². The second kappa shape index (κ2) is 3.78. The monoisotopic (exact) mass is 204 g/mol. The first-order chi connectivity index (χ1) is 5.96. The van der Waals surface area contributed by atoms with Gasteiger partial charge >= 0.3 is 0 Å². The Morgan fingerprint density at radius 3 is 2.38 bits per heavy atom. The lowest BCUT2D eigenvalue weighted by Crippen LogP contribution is -2.37. The molecule has 0 spiro atoms. The van der Waals surface area contributed by atoms with Crippen LogP contribution in [0.1, 0.15) is 39.5 Å². The maximum absolute atomic E-state index is 11.7. The zero-order chi connectivity index (χ0) is 10.1. The SMILES string of the molecule is CC(C)S(=O)(=O)C1CCCCC1=O. The van der Waals surface area contributed by atoms with Crippen molar-refractivity contribution in [1.29, 1.82) is 0 Å². The second-order valence-electron chi connectivity index (χ2n) is 3.84. The van der Waals surface area contributed by atoms with Crippen molar-refractivity contribution >= 4 is 15.6 Å². The Bertz CT molecular complexity index is 290. The smallest absolute Gasteiger partial charge is 0.162 e. The van der Waals surface area contributed by atoms with Crippen LogP contribution in [0.2, 0.25) is 0 Å². The molecular weight excluding hydrogens is 188 g/mol. The zero-order valence-corrected chi connectivity index (χ0v) is 8.93. The quantitative estimate of drug-likeness (QED) is 0.681. The molecule has 1 saturated carbocycles. The molecule has 1 atom stereocenters. The summed E-state index contributed by atoms with van der Waals surface area (Å²) in [6, 6.07) is 0. The van der Waals surface area contributed by atoms with Crippen LogP contribution in [-0.4, -0.2) is 24.7 Å². The van der Waals surface area contributed by atoms with Gasteiger partial charge in [0.05, 0.1) is 5.25 Å². The first-order valence-corrected chi connectivity index (χ1v) is 6.32. The minimum atomic E-state index is -3.20. The fourth-order valence-corrected chi connectivity index (χ4v) is 3.26. The van der Waals surface area contributed by atoms with Crippen molar-refractivity contribution < 1.29 is 13.2 Å². The predicted octanol–water partition coefficient (Wildman–Crippen LogP) is 1.32. The number of rotatable bonds is 2. The molecule has 76 valence electrons. The molecule has 1 unspecified atom stereocenters. The molecule has 1 rings (SSSR count). The molecule has 1 fully saturated rings. The van der Waals surface area contributed by atoms with E-state index in [0.29, 0.717) is 12.8 Å². The lowest BCUT2D eigenvalue weighted by atomic mass is 9.99. The minimum Gasteiger partial charge on any atom is -0.298 e. The molecule has 13 heavy (non-hydrogen) atoms. The minimum absolute atomic E-state index is 0.0834. The Kier molecular flexibility index (Phi) is 3.11.